The van der Waals surface area contributed by atoms with E-state index >= 15 is 0 Å². The van der Waals surface area contributed by atoms with E-state index in [4.69, 9.17) is 13.9 Å². The Hall–Kier alpha value is -4.28. The van der Waals surface area contributed by atoms with Crippen LogP contribution < -0.4 is 15.0 Å². The van der Waals surface area contributed by atoms with Gasteiger partial charge in [0.1, 0.15) is 17.2 Å². The molecular weight excluding hydrogens is 458 g/mol. The number of nitrogens with one attached hydrogen (secondary N) is 1. The maximum atomic E-state index is 12.9. The lowest BCUT2D eigenvalue weighted by molar-refractivity contribution is -0.150. The number of benzene rings is 1. The van der Waals surface area contributed by atoms with Crippen LogP contribution in [-0.2, 0) is 25.6 Å². The monoisotopic (exact) mass is 485 g/mol. The highest BCUT2D eigenvalue weighted by Gasteiger charge is 2.34. The van der Waals surface area contributed by atoms with Gasteiger partial charge in [-0.25, -0.2) is 14.4 Å². The quantitative estimate of drug-likeness (QED) is 0.324. The fourth-order valence-electron chi connectivity index (χ4n) is 3.22. The largest absolute Gasteiger partial charge is 0.478 e. The molecule has 2 aromatic rings. The van der Waals surface area contributed by atoms with Crippen LogP contribution in [0.5, 0.6) is 5.75 Å². The standard InChI is InChI=1S/C24H27N3O8/c1-6-33-22(29)14(2)34-20-12-16(26(3)4)8-7-15(20)11-18-21(28)27(24(31)25-18)13-17-9-10-19(35-17)23(30)32-5/h7-12,14H,6,13H2,1-5H3,(H,25,31). The number of hydrogen-bond donors (Lipinski definition) is 1. The zero-order chi connectivity index (χ0) is 25.7. The van der Waals surface area contributed by atoms with Crippen molar-refractivity contribution in [2.75, 3.05) is 32.7 Å². The maximum Gasteiger partial charge on any atom is 0.373 e. The van der Waals surface area contributed by atoms with Crippen LogP contribution in [0.2, 0.25) is 0 Å². The van der Waals surface area contributed by atoms with Gasteiger partial charge in [0.25, 0.3) is 5.91 Å². The lowest BCUT2D eigenvalue weighted by Crippen LogP contribution is -2.30. The normalized spacial score (nSPS) is 15.1. The molecule has 0 spiro atoms. The molecule has 11 heteroatoms. The first-order valence-corrected chi connectivity index (χ1v) is 10.8. The van der Waals surface area contributed by atoms with Crippen LogP contribution in [0.4, 0.5) is 10.5 Å². The summed E-state index contributed by atoms with van der Waals surface area (Å²) in [5.74, 6) is -1.26. The van der Waals surface area contributed by atoms with Crippen LogP contribution in [0.3, 0.4) is 0 Å². The molecule has 1 fully saturated rings. The van der Waals surface area contributed by atoms with Crippen molar-refractivity contribution in [3.8, 4) is 5.75 Å². The first-order chi connectivity index (χ1) is 16.6. The molecule has 1 unspecified atom stereocenters. The van der Waals surface area contributed by atoms with Crippen molar-refractivity contribution in [2.24, 2.45) is 0 Å². The number of esters is 2. The van der Waals surface area contributed by atoms with E-state index in [-0.39, 0.29) is 30.4 Å². The van der Waals surface area contributed by atoms with Crippen molar-refractivity contribution in [1.29, 1.82) is 0 Å². The highest BCUT2D eigenvalue weighted by Crippen LogP contribution is 2.29. The first-order valence-electron chi connectivity index (χ1n) is 10.8. The van der Waals surface area contributed by atoms with Gasteiger partial charge in [0.2, 0.25) is 5.76 Å². The zero-order valence-corrected chi connectivity index (χ0v) is 20.1. The van der Waals surface area contributed by atoms with Gasteiger partial charge in [0.05, 0.1) is 20.3 Å². The number of urea groups is 1. The van der Waals surface area contributed by atoms with Gasteiger partial charge >= 0.3 is 18.0 Å². The van der Waals surface area contributed by atoms with E-state index in [1.807, 2.05) is 25.1 Å². The summed E-state index contributed by atoms with van der Waals surface area (Å²) < 4.78 is 20.8. The molecule has 1 aromatic carbocycles. The van der Waals surface area contributed by atoms with E-state index in [2.05, 4.69) is 10.1 Å². The number of carbonyl (C=O) groups is 4. The number of anilines is 1. The van der Waals surface area contributed by atoms with E-state index < -0.39 is 30.0 Å². The van der Waals surface area contributed by atoms with Crippen molar-refractivity contribution in [3.05, 3.63) is 53.1 Å². The number of methoxy groups -OCH3 is 1. The second kappa shape index (κ2) is 10.8. The number of nitrogens with zero attached hydrogens (tertiary/aromatic N) is 2. The molecule has 3 rings (SSSR count). The third-order valence-electron chi connectivity index (χ3n) is 5.06. The summed E-state index contributed by atoms with van der Waals surface area (Å²) in [5.41, 5.74) is 1.30. The lowest BCUT2D eigenvalue weighted by atomic mass is 10.1. The molecule has 0 bridgehead atoms. The molecule has 1 aliphatic rings. The fraction of sp³-hybridized carbons (Fsp3) is 0.333. The second-order valence-electron chi connectivity index (χ2n) is 7.77. The van der Waals surface area contributed by atoms with E-state index in [9.17, 15) is 19.2 Å². The lowest BCUT2D eigenvalue weighted by Gasteiger charge is -2.19. The summed E-state index contributed by atoms with van der Waals surface area (Å²) in [4.78, 5) is 51.9. The molecule has 1 N–H and O–H groups in total. The Morgan fingerprint density at radius 3 is 2.60 bits per heavy atom. The Morgan fingerprint density at radius 2 is 1.94 bits per heavy atom. The summed E-state index contributed by atoms with van der Waals surface area (Å²) >= 11 is 0. The van der Waals surface area contributed by atoms with E-state index in [1.54, 1.807) is 26.0 Å². The van der Waals surface area contributed by atoms with Crippen molar-refractivity contribution >= 4 is 35.6 Å². The van der Waals surface area contributed by atoms with Gasteiger partial charge in [-0.05, 0) is 44.2 Å². The Bertz CT molecular complexity index is 1170. The van der Waals surface area contributed by atoms with Gasteiger partial charge in [-0.15, -0.1) is 0 Å². The predicted octanol–water partition coefficient (Wildman–Crippen LogP) is 2.56. The average molecular weight is 485 g/mol. The highest BCUT2D eigenvalue weighted by atomic mass is 16.6. The van der Waals surface area contributed by atoms with Gasteiger partial charge in [-0.2, -0.15) is 0 Å². The zero-order valence-electron chi connectivity index (χ0n) is 20.1. The molecule has 2 heterocycles. The number of rotatable bonds is 9. The van der Waals surface area contributed by atoms with Crippen LogP contribution >= 0.6 is 0 Å². The van der Waals surface area contributed by atoms with E-state index in [0.717, 1.165) is 10.6 Å². The number of carbonyl (C=O) groups excluding carboxylic acids is 4. The Morgan fingerprint density at radius 1 is 1.20 bits per heavy atom. The van der Waals surface area contributed by atoms with Gasteiger partial charge in [-0.1, -0.05) is 0 Å². The van der Waals surface area contributed by atoms with Crippen molar-refractivity contribution in [3.63, 3.8) is 0 Å². The number of imide groups is 1. The summed E-state index contributed by atoms with van der Waals surface area (Å²) in [6, 6.07) is 7.48. The first kappa shape index (κ1) is 25.3. The summed E-state index contributed by atoms with van der Waals surface area (Å²) in [5, 5.41) is 2.53. The van der Waals surface area contributed by atoms with Crippen LogP contribution in [0.15, 0.2) is 40.4 Å². The Balaban J connectivity index is 1.85. The molecule has 0 saturated carbocycles. The Kier molecular flexibility index (Phi) is 7.80. The molecule has 1 atom stereocenters. The maximum absolute atomic E-state index is 12.9. The van der Waals surface area contributed by atoms with Gasteiger partial charge < -0.3 is 28.8 Å². The van der Waals surface area contributed by atoms with E-state index in [0.29, 0.717) is 11.3 Å². The van der Waals surface area contributed by atoms with Gasteiger partial charge in [0, 0.05) is 31.4 Å². The van der Waals surface area contributed by atoms with Crippen molar-refractivity contribution < 1.29 is 37.8 Å². The average Bonchev–Trinajstić information content (AvgIpc) is 3.40. The van der Waals surface area contributed by atoms with Gasteiger partial charge in [0.15, 0.2) is 6.10 Å². The molecule has 0 aliphatic carbocycles. The van der Waals surface area contributed by atoms with Crippen LogP contribution in [-0.4, -0.2) is 62.7 Å². The summed E-state index contributed by atoms with van der Waals surface area (Å²) in [6.45, 7) is 3.30. The molecular formula is C24H27N3O8. The van der Waals surface area contributed by atoms with Crippen molar-refractivity contribution in [2.45, 2.75) is 26.5 Å². The third kappa shape index (κ3) is 5.81. The molecule has 1 aliphatic heterocycles. The Labute approximate surface area is 202 Å². The minimum atomic E-state index is -0.891. The third-order valence-corrected chi connectivity index (χ3v) is 5.06. The minimum Gasteiger partial charge on any atom is -0.478 e. The number of ether oxygens (including phenoxy) is 3. The molecule has 35 heavy (non-hydrogen) atoms. The second-order valence-corrected chi connectivity index (χ2v) is 7.77. The summed E-state index contributed by atoms with van der Waals surface area (Å²) in [6.07, 6.45) is 0.576. The number of furan rings is 1. The molecule has 3 amide bonds. The van der Waals surface area contributed by atoms with Crippen LogP contribution in [0, 0.1) is 0 Å². The van der Waals surface area contributed by atoms with Crippen LogP contribution in [0.1, 0.15) is 35.7 Å². The number of amides is 3. The van der Waals surface area contributed by atoms with Crippen molar-refractivity contribution in [1.82, 2.24) is 10.2 Å². The molecule has 11 nitrogen and oxygen atoms in total. The van der Waals surface area contributed by atoms with Gasteiger partial charge in [-0.3, -0.25) is 9.69 Å². The molecule has 1 aromatic heterocycles. The smallest absolute Gasteiger partial charge is 0.373 e. The molecule has 0 radical (unpaired) electrons. The van der Waals surface area contributed by atoms with Crippen LogP contribution in [0.25, 0.3) is 6.08 Å². The number of hydrogen-bond acceptors (Lipinski definition) is 9. The van der Waals surface area contributed by atoms with E-state index in [1.165, 1.54) is 25.3 Å². The highest BCUT2D eigenvalue weighted by molar-refractivity contribution is 6.14. The molecule has 1 saturated heterocycles. The molecule has 186 valence electrons. The minimum absolute atomic E-state index is 0.0148. The predicted molar refractivity (Wildman–Crippen MR) is 125 cm³/mol. The SMILES string of the molecule is CCOC(=O)C(C)Oc1cc(N(C)C)ccc1C=C1NC(=O)N(Cc2ccc(C(=O)OC)o2)C1=O. The summed E-state index contributed by atoms with van der Waals surface area (Å²) in [7, 11) is 4.92. The fourth-order valence-corrected chi connectivity index (χ4v) is 3.22. The topological polar surface area (TPSA) is 128 Å².